The zero-order valence-corrected chi connectivity index (χ0v) is 12.6. The summed E-state index contributed by atoms with van der Waals surface area (Å²) in [5.74, 6) is -0.211. The fraction of sp³-hybridized carbons (Fsp3) is 0.438. The standard InChI is InChI=1S/C16H21FN2S/c1-2-9-19-16(14-8-10-18-12-15(14)17)7-3-5-13-6-4-11-20-13/h4,6,8,10-12,16,19H,2-3,5,7,9H2,1H3. The molecule has 0 bridgehead atoms. The molecule has 0 fully saturated rings. The van der Waals surface area contributed by atoms with Crippen molar-refractivity contribution in [3.63, 3.8) is 0 Å². The summed E-state index contributed by atoms with van der Waals surface area (Å²) in [6, 6.07) is 6.10. The van der Waals surface area contributed by atoms with Gasteiger partial charge in [0.15, 0.2) is 0 Å². The van der Waals surface area contributed by atoms with E-state index in [-0.39, 0.29) is 11.9 Å². The van der Waals surface area contributed by atoms with Crippen LogP contribution in [0.5, 0.6) is 0 Å². The third kappa shape index (κ3) is 4.39. The molecule has 0 saturated carbocycles. The second-order valence-electron chi connectivity index (χ2n) is 4.88. The van der Waals surface area contributed by atoms with Crippen LogP contribution in [0.25, 0.3) is 0 Å². The lowest BCUT2D eigenvalue weighted by molar-refractivity contribution is 0.461. The van der Waals surface area contributed by atoms with Crippen LogP contribution in [0.15, 0.2) is 36.0 Å². The largest absolute Gasteiger partial charge is 0.310 e. The Morgan fingerprint density at radius 1 is 1.40 bits per heavy atom. The lowest BCUT2D eigenvalue weighted by Gasteiger charge is -2.19. The molecule has 0 amide bonds. The van der Waals surface area contributed by atoms with Gasteiger partial charge in [0.1, 0.15) is 5.82 Å². The molecule has 20 heavy (non-hydrogen) atoms. The molecule has 1 atom stereocenters. The number of hydrogen-bond donors (Lipinski definition) is 1. The number of aromatic nitrogens is 1. The molecule has 2 heterocycles. The lowest BCUT2D eigenvalue weighted by Crippen LogP contribution is -2.23. The minimum atomic E-state index is -0.211. The highest BCUT2D eigenvalue weighted by Gasteiger charge is 2.14. The minimum Gasteiger partial charge on any atom is -0.310 e. The molecule has 0 saturated heterocycles. The van der Waals surface area contributed by atoms with Crippen molar-refractivity contribution in [1.29, 1.82) is 0 Å². The summed E-state index contributed by atoms with van der Waals surface area (Å²) < 4.78 is 13.9. The molecule has 108 valence electrons. The lowest BCUT2D eigenvalue weighted by atomic mass is 10.0. The van der Waals surface area contributed by atoms with E-state index < -0.39 is 0 Å². The van der Waals surface area contributed by atoms with Gasteiger partial charge in [-0.25, -0.2) is 4.39 Å². The topological polar surface area (TPSA) is 24.9 Å². The third-order valence-corrected chi connectivity index (χ3v) is 4.25. The van der Waals surface area contributed by atoms with E-state index in [1.165, 1.54) is 11.1 Å². The van der Waals surface area contributed by atoms with Gasteiger partial charge in [0.05, 0.1) is 6.20 Å². The fourth-order valence-corrected chi connectivity index (χ4v) is 3.04. The molecule has 4 heteroatoms. The number of nitrogens with one attached hydrogen (secondary N) is 1. The van der Waals surface area contributed by atoms with Crippen LogP contribution in [-0.2, 0) is 6.42 Å². The van der Waals surface area contributed by atoms with Crippen molar-refractivity contribution in [3.05, 3.63) is 52.2 Å². The molecule has 1 unspecified atom stereocenters. The van der Waals surface area contributed by atoms with Crippen molar-refractivity contribution < 1.29 is 4.39 Å². The highest BCUT2D eigenvalue weighted by atomic mass is 32.1. The first kappa shape index (κ1) is 15.1. The van der Waals surface area contributed by atoms with Crippen LogP contribution >= 0.6 is 11.3 Å². The number of halogens is 1. The molecule has 2 nitrogen and oxygen atoms in total. The molecule has 2 rings (SSSR count). The number of aryl methyl sites for hydroxylation is 1. The normalized spacial score (nSPS) is 12.5. The van der Waals surface area contributed by atoms with Crippen LogP contribution in [0.2, 0.25) is 0 Å². The first-order valence-corrected chi connectivity index (χ1v) is 8.04. The van der Waals surface area contributed by atoms with Gasteiger partial charge < -0.3 is 5.32 Å². The monoisotopic (exact) mass is 292 g/mol. The summed E-state index contributed by atoms with van der Waals surface area (Å²) in [4.78, 5) is 5.23. The predicted molar refractivity (Wildman–Crippen MR) is 82.5 cm³/mol. The Morgan fingerprint density at radius 2 is 2.30 bits per heavy atom. The molecular formula is C16H21FN2S. The minimum absolute atomic E-state index is 0.0814. The second-order valence-corrected chi connectivity index (χ2v) is 5.91. The van der Waals surface area contributed by atoms with E-state index in [9.17, 15) is 4.39 Å². The average molecular weight is 292 g/mol. The van der Waals surface area contributed by atoms with Crippen molar-refractivity contribution in [2.75, 3.05) is 6.54 Å². The molecule has 0 aliphatic carbocycles. The predicted octanol–water partition coefficient (Wildman–Crippen LogP) is 4.35. The highest BCUT2D eigenvalue weighted by molar-refractivity contribution is 7.09. The highest BCUT2D eigenvalue weighted by Crippen LogP contribution is 2.22. The van der Waals surface area contributed by atoms with Gasteiger partial charge >= 0.3 is 0 Å². The van der Waals surface area contributed by atoms with E-state index in [1.54, 1.807) is 23.6 Å². The van der Waals surface area contributed by atoms with Gasteiger partial charge in [0.2, 0.25) is 0 Å². The van der Waals surface area contributed by atoms with E-state index in [1.807, 2.05) is 0 Å². The van der Waals surface area contributed by atoms with E-state index >= 15 is 0 Å². The molecule has 0 aliphatic rings. The van der Waals surface area contributed by atoms with Gasteiger partial charge in [-0.1, -0.05) is 13.0 Å². The van der Waals surface area contributed by atoms with Gasteiger partial charge in [0, 0.05) is 22.7 Å². The van der Waals surface area contributed by atoms with Crippen molar-refractivity contribution in [3.8, 4) is 0 Å². The van der Waals surface area contributed by atoms with Crippen LogP contribution in [0.3, 0.4) is 0 Å². The fourth-order valence-electron chi connectivity index (χ4n) is 2.29. The zero-order valence-electron chi connectivity index (χ0n) is 11.8. The Morgan fingerprint density at radius 3 is 3.00 bits per heavy atom. The first-order chi connectivity index (χ1) is 9.81. The van der Waals surface area contributed by atoms with E-state index in [2.05, 4.69) is 34.7 Å². The summed E-state index contributed by atoms with van der Waals surface area (Å²) in [5, 5.41) is 5.54. The number of pyridine rings is 1. The summed E-state index contributed by atoms with van der Waals surface area (Å²) in [6.45, 7) is 3.03. The average Bonchev–Trinajstić information content (AvgIpc) is 2.97. The van der Waals surface area contributed by atoms with E-state index in [4.69, 9.17) is 0 Å². The Labute approximate surface area is 124 Å². The molecule has 1 N–H and O–H groups in total. The number of thiophene rings is 1. The number of hydrogen-bond acceptors (Lipinski definition) is 3. The van der Waals surface area contributed by atoms with Gasteiger partial charge in [-0.05, 0) is 49.7 Å². The Kier molecular flexibility index (Phi) is 6.15. The second kappa shape index (κ2) is 8.12. The maximum Gasteiger partial charge on any atom is 0.146 e. The van der Waals surface area contributed by atoms with Crippen molar-refractivity contribution in [1.82, 2.24) is 10.3 Å². The molecule has 0 aromatic carbocycles. The quantitative estimate of drug-likeness (QED) is 0.782. The molecule has 2 aromatic heterocycles. The Hall–Kier alpha value is -1.26. The smallest absolute Gasteiger partial charge is 0.146 e. The van der Waals surface area contributed by atoms with Crippen molar-refractivity contribution in [2.45, 2.75) is 38.6 Å². The molecule has 0 radical (unpaired) electrons. The van der Waals surface area contributed by atoms with Crippen LogP contribution in [0.4, 0.5) is 4.39 Å². The van der Waals surface area contributed by atoms with Crippen LogP contribution < -0.4 is 5.32 Å². The molecule has 2 aromatic rings. The molecular weight excluding hydrogens is 271 g/mol. The van der Waals surface area contributed by atoms with E-state index in [0.29, 0.717) is 0 Å². The molecule has 0 spiro atoms. The van der Waals surface area contributed by atoms with Crippen molar-refractivity contribution >= 4 is 11.3 Å². The van der Waals surface area contributed by atoms with Crippen LogP contribution in [0, 0.1) is 5.82 Å². The maximum atomic E-state index is 13.9. The van der Waals surface area contributed by atoms with E-state index in [0.717, 1.165) is 37.8 Å². The van der Waals surface area contributed by atoms with Gasteiger partial charge in [-0.3, -0.25) is 4.98 Å². The van der Waals surface area contributed by atoms with Gasteiger partial charge in [0.25, 0.3) is 0 Å². The SMILES string of the molecule is CCCNC(CCCc1cccs1)c1ccncc1F. The third-order valence-electron chi connectivity index (χ3n) is 3.32. The van der Waals surface area contributed by atoms with Crippen LogP contribution in [0.1, 0.15) is 42.7 Å². The summed E-state index contributed by atoms with van der Waals surface area (Å²) in [6.07, 6.45) is 7.08. The zero-order chi connectivity index (χ0) is 14.2. The van der Waals surface area contributed by atoms with Crippen LogP contribution in [-0.4, -0.2) is 11.5 Å². The summed E-state index contributed by atoms with van der Waals surface area (Å²) in [7, 11) is 0. The maximum absolute atomic E-state index is 13.9. The van der Waals surface area contributed by atoms with Gasteiger partial charge in [-0.15, -0.1) is 11.3 Å². The van der Waals surface area contributed by atoms with Gasteiger partial charge in [-0.2, -0.15) is 0 Å². The number of rotatable bonds is 8. The number of nitrogens with zero attached hydrogens (tertiary/aromatic N) is 1. The summed E-state index contributed by atoms with van der Waals surface area (Å²) >= 11 is 1.79. The summed E-state index contributed by atoms with van der Waals surface area (Å²) in [5.41, 5.74) is 0.736. The van der Waals surface area contributed by atoms with Crippen molar-refractivity contribution in [2.24, 2.45) is 0 Å². The first-order valence-electron chi connectivity index (χ1n) is 7.16. The Balaban J connectivity index is 1.95. The molecule has 0 aliphatic heterocycles. The Bertz CT molecular complexity index is 499.